The molecule has 7 aromatic carbocycles. The third-order valence-corrected chi connectivity index (χ3v) is 11.5. The van der Waals surface area contributed by atoms with E-state index in [1.165, 1.54) is 16.7 Å². The molecule has 0 atom stereocenters. The number of pyridine rings is 1. The van der Waals surface area contributed by atoms with Crippen LogP contribution >= 0.6 is 0 Å². The maximum Gasteiger partial charge on any atom is 0.148 e. The van der Waals surface area contributed by atoms with Crippen molar-refractivity contribution in [2.24, 2.45) is 0 Å². The van der Waals surface area contributed by atoms with Gasteiger partial charge in [0.1, 0.15) is 11.6 Å². The van der Waals surface area contributed by atoms with E-state index in [0.29, 0.717) is 45.1 Å². The minimum absolute atomic E-state index is 0. The van der Waals surface area contributed by atoms with E-state index in [1.54, 1.807) is 48.7 Å². The molecule has 0 amide bonds. The van der Waals surface area contributed by atoms with Crippen LogP contribution in [0.25, 0.3) is 83.9 Å². The summed E-state index contributed by atoms with van der Waals surface area (Å²) in [6, 6.07) is 47.4. The van der Waals surface area contributed by atoms with Crippen LogP contribution in [0.3, 0.4) is 0 Å². The second kappa shape index (κ2) is 17.8. The Bertz CT molecular complexity index is 3930. The number of phenolic OH excluding ortho intramolecular Hbond substituents is 1. The van der Waals surface area contributed by atoms with Crippen LogP contribution in [0.15, 0.2) is 164 Å². The standard InChI is InChI=1S/C61H58N3O.Pt/c1-39-24-26-41(27-25-39)43-30-31-62-54(35-43)46-33-44(40-18-13-11-14-19-40)32-45(34-46)50-22-17-23-55-56(50)63-58(51-36-47(59(2,3)4)37-53(57(51)65)61(8,9)10)64(55)48-28-29-49(42-20-15-12-16-21-42)52(38-48)60(5,6)7;/h11-33,35-38,65H,1-10H3;/q-1;/i1D3,2D3,3D3,4D3,8D3,9D3,10D3;. The topological polar surface area (TPSA) is 50.9 Å². The van der Waals surface area contributed by atoms with Gasteiger partial charge in [0.05, 0.1) is 16.6 Å². The van der Waals surface area contributed by atoms with Crippen LogP contribution < -0.4 is 0 Å². The van der Waals surface area contributed by atoms with Gasteiger partial charge in [0.15, 0.2) is 0 Å². The van der Waals surface area contributed by atoms with Crippen molar-refractivity contribution in [3.8, 4) is 78.6 Å². The Balaban J connectivity index is 0.00000982. The number of rotatable bonds is 7. The van der Waals surface area contributed by atoms with Gasteiger partial charge in [-0.05, 0) is 92.4 Å². The van der Waals surface area contributed by atoms with Crippen molar-refractivity contribution in [1.82, 2.24) is 14.5 Å². The van der Waals surface area contributed by atoms with Crippen LogP contribution in [0, 0.1) is 12.9 Å². The van der Waals surface area contributed by atoms with Crippen molar-refractivity contribution < 1.29 is 55.0 Å². The molecule has 0 saturated heterocycles. The maximum absolute atomic E-state index is 13.0. The number of hydrogen-bond donors (Lipinski definition) is 1. The van der Waals surface area contributed by atoms with Gasteiger partial charge in [-0.1, -0.05) is 199 Å². The van der Waals surface area contributed by atoms with Crippen molar-refractivity contribution in [1.29, 1.82) is 0 Å². The number of hydrogen-bond acceptors (Lipinski definition) is 3. The molecule has 1 N–H and O–H groups in total. The van der Waals surface area contributed by atoms with Gasteiger partial charge in [0, 0.05) is 73.0 Å². The molecule has 0 saturated carbocycles. The molecule has 0 radical (unpaired) electrons. The second-order valence-electron chi connectivity index (χ2n) is 17.3. The van der Waals surface area contributed by atoms with Gasteiger partial charge in [-0.25, -0.2) is 4.98 Å². The van der Waals surface area contributed by atoms with E-state index in [1.807, 2.05) is 112 Å². The molecule has 0 aliphatic carbocycles. The largest absolute Gasteiger partial charge is 0.507 e. The summed E-state index contributed by atoms with van der Waals surface area (Å²) in [6.07, 6.45) is 1.60. The summed E-state index contributed by atoms with van der Waals surface area (Å²) in [4.78, 5) is 9.89. The molecule has 66 heavy (non-hydrogen) atoms. The van der Waals surface area contributed by atoms with Crippen molar-refractivity contribution in [3.05, 3.63) is 192 Å². The third-order valence-electron chi connectivity index (χ3n) is 11.5. The van der Waals surface area contributed by atoms with Crippen LogP contribution in [0.4, 0.5) is 0 Å². The SMILES string of the molecule is [2H]C([2H])([2H])c1ccc(-c2ccnc(-c3[c-]c(-c4cccc5c4nc(-c4cc(C(C([2H])([2H])[2H])(C([2H])([2H])[2H])C([2H])([2H])[2H])cc(C(C([2H])([2H])[2H])(C([2H])([2H])[2H])C([2H])([2H])[2H])c4O)n5-c4ccc(-c5ccccc5)c(C(C)(C)C)c4)cc(-c4ccccc4)c3)c2)cc1.[Pt]. The Hall–Kier alpha value is -6.35. The average Bonchev–Trinajstić information content (AvgIpc) is 1.11. The Labute approximate surface area is 435 Å². The number of para-hydroxylation sites is 1. The van der Waals surface area contributed by atoms with Crippen molar-refractivity contribution in [3.63, 3.8) is 0 Å². The smallest absolute Gasteiger partial charge is 0.148 e. The first-order chi connectivity index (χ1) is 39.6. The fourth-order valence-electron chi connectivity index (χ4n) is 8.30. The molecule has 5 heteroatoms. The van der Waals surface area contributed by atoms with E-state index in [2.05, 4.69) is 6.07 Å². The number of phenols is 1. The summed E-state index contributed by atoms with van der Waals surface area (Å²) >= 11 is 0. The van der Waals surface area contributed by atoms with Gasteiger partial charge < -0.3 is 5.11 Å². The fourth-order valence-corrected chi connectivity index (χ4v) is 8.30. The Kier molecular flexibility index (Phi) is 7.20. The molecule has 2 heterocycles. The molecule has 0 unspecified atom stereocenters. The van der Waals surface area contributed by atoms with Crippen LogP contribution in [0.5, 0.6) is 5.75 Å². The number of aryl methyl sites for hydroxylation is 1. The predicted molar refractivity (Wildman–Crippen MR) is 273 cm³/mol. The number of aromatic nitrogens is 3. The quantitative estimate of drug-likeness (QED) is 0.162. The first kappa shape index (κ1) is 26.7. The van der Waals surface area contributed by atoms with E-state index in [-0.39, 0.29) is 49.4 Å². The molecule has 0 fully saturated rings. The summed E-state index contributed by atoms with van der Waals surface area (Å²) < 4.78 is 183. The van der Waals surface area contributed by atoms with Crippen molar-refractivity contribution in [2.75, 3.05) is 0 Å². The average molecular weight is 1070 g/mol. The molecule has 2 aromatic heterocycles. The summed E-state index contributed by atoms with van der Waals surface area (Å²) in [5.41, 5.74) is -4.77. The molecular weight excluding hydrogens is 986 g/mol. The molecule has 9 aromatic rings. The zero-order valence-electron chi connectivity index (χ0n) is 57.2. The summed E-state index contributed by atoms with van der Waals surface area (Å²) in [5.74, 6) is -1.84. The Morgan fingerprint density at radius 1 is 0.545 bits per heavy atom. The second-order valence-corrected chi connectivity index (χ2v) is 17.3. The van der Waals surface area contributed by atoms with Gasteiger partial charge in [0.25, 0.3) is 0 Å². The predicted octanol–water partition coefficient (Wildman–Crippen LogP) is 16.1. The molecule has 0 bridgehead atoms. The van der Waals surface area contributed by atoms with Crippen LogP contribution in [0.1, 0.15) is 113 Å². The van der Waals surface area contributed by atoms with Gasteiger partial charge in [-0.15, -0.1) is 23.8 Å². The van der Waals surface area contributed by atoms with Gasteiger partial charge in [0.2, 0.25) is 0 Å². The first-order valence-corrected chi connectivity index (χ1v) is 21.0. The number of nitrogens with zero attached hydrogens (tertiary/aromatic N) is 3. The van der Waals surface area contributed by atoms with Gasteiger partial charge in [-0.2, -0.15) is 0 Å². The molecule has 0 aliphatic heterocycles. The van der Waals surface area contributed by atoms with Gasteiger partial charge >= 0.3 is 0 Å². The molecular formula is C61H58N3OPt-. The molecule has 0 spiro atoms. The van der Waals surface area contributed by atoms with E-state index in [4.69, 9.17) is 38.8 Å². The van der Waals surface area contributed by atoms with Gasteiger partial charge in [-0.3, -0.25) is 9.55 Å². The summed E-state index contributed by atoms with van der Waals surface area (Å²) in [6.45, 7) is -21.1. The molecule has 0 aliphatic rings. The van der Waals surface area contributed by atoms with E-state index < -0.39 is 92.5 Å². The monoisotopic (exact) mass is 1060 g/mol. The Morgan fingerprint density at radius 2 is 1.23 bits per heavy atom. The van der Waals surface area contributed by atoms with E-state index in [0.717, 1.165) is 22.3 Å². The van der Waals surface area contributed by atoms with Crippen molar-refractivity contribution >= 4 is 11.0 Å². The number of imidazole rings is 1. The number of benzene rings is 7. The zero-order valence-corrected chi connectivity index (χ0v) is 38.5. The summed E-state index contributed by atoms with van der Waals surface area (Å²) in [5, 5.41) is 13.0. The summed E-state index contributed by atoms with van der Waals surface area (Å²) in [7, 11) is 0. The van der Waals surface area contributed by atoms with Crippen LogP contribution in [-0.4, -0.2) is 19.6 Å². The molecule has 334 valence electrons. The number of fused-ring (bicyclic) bond motifs is 1. The van der Waals surface area contributed by atoms with Crippen molar-refractivity contribution in [2.45, 2.75) is 85.0 Å². The third kappa shape index (κ3) is 9.09. The first-order valence-electron chi connectivity index (χ1n) is 31.5. The van der Waals surface area contributed by atoms with Crippen LogP contribution in [0.2, 0.25) is 0 Å². The Morgan fingerprint density at radius 3 is 1.91 bits per heavy atom. The fraction of sp³-hybridized carbons (Fsp3) is 0.213. The minimum atomic E-state index is -4.17. The van der Waals surface area contributed by atoms with E-state index in [9.17, 15) is 5.11 Å². The normalized spacial score (nSPS) is 18.1. The maximum atomic E-state index is 13.0. The van der Waals surface area contributed by atoms with E-state index >= 15 is 0 Å². The zero-order chi connectivity index (χ0) is 63.3. The molecule has 9 rings (SSSR count). The molecule has 4 nitrogen and oxygen atoms in total. The number of aromatic hydroxyl groups is 1. The van der Waals surface area contributed by atoms with Crippen LogP contribution in [-0.2, 0) is 37.3 Å². The minimum Gasteiger partial charge on any atom is -0.507 e.